The van der Waals surface area contributed by atoms with Crippen molar-refractivity contribution < 1.29 is 37.1 Å². The number of nitrogens with one attached hydrogen (secondary N) is 5. The van der Waals surface area contributed by atoms with E-state index in [2.05, 4.69) is 20.7 Å². The number of carbonyl (C=O) groups excluding carboxylic acids is 2. The van der Waals surface area contributed by atoms with E-state index in [4.69, 9.17) is 10.6 Å². The molecular formula is C22H25F4N5O4. The molecular weight excluding hydrogens is 474 g/mol. The number of unbranched alkanes of at least 4 members (excludes halogenated alkanes) is 3. The minimum atomic E-state index is -5.02. The summed E-state index contributed by atoms with van der Waals surface area (Å²) in [4.78, 5) is 23.1. The summed E-state index contributed by atoms with van der Waals surface area (Å²) in [6, 6.07) is 8.87. The molecule has 0 unspecified atom stereocenters. The molecule has 0 spiro atoms. The maximum absolute atomic E-state index is 13.8. The van der Waals surface area contributed by atoms with E-state index in [9.17, 15) is 27.2 Å². The minimum Gasteiger partial charge on any atom is -0.403 e. The van der Waals surface area contributed by atoms with Gasteiger partial charge in [0.25, 0.3) is 5.91 Å². The lowest BCUT2D eigenvalue weighted by atomic mass is 10.1. The summed E-state index contributed by atoms with van der Waals surface area (Å²) in [6.07, 6.45) is -1.78. The highest BCUT2D eigenvalue weighted by Crippen LogP contribution is 2.27. The van der Waals surface area contributed by atoms with Crippen molar-refractivity contribution in [1.29, 1.82) is 5.41 Å². The van der Waals surface area contributed by atoms with Gasteiger partial charge in [-0.1, -0.05) is 12.8 Å². The molecule has 0 aromatic heterocycles. The second kappa shape index (κ2) is 13.1. The van der Waals surface area contributed by atoms with Crippen molar-refractivity contribution in [3.05, 3.63) is 53.8 Å². The van der Waals surface area contributed by atoms with Crippen molar-refractivity contribution in [3.63, 3.8) is 0 Å². The van der Waals surface area contributed by atoms with Crippen LogP contribution in [0.1, 0.15) is 42.5 Å². The van der Waals surface area contributed by atoms with E-state index in [0.717, 1.165) is 37.5 Å². The molecule has 0 bridgehead atoms. The van der Waals surface area contributed by atoms with Gasteiger partial charge in [-0.15, -0.1) is 13.2 Å². The second-order valence-corrected chi connectivity index (χ2v) is 7.35. The van der Waals surface area contributed by atoms with Gasteiger partial charge < -0.3 is 20.7 Å². The Kier molecular flexibility index (Phi) is 10.3. The first-order valence-electron chi connectivity index (χ1n) is 10.6. The Hall–Kier alpha value is -3.87. The second-order valence-electron chi connectivity index (χ2n) is 7.35. The number of benzene rings is 2. The van der Waals surface area contributed by atoms with Gasteiger partial charge in [-0.2, -0.15) is 0 Å². The molecule has 6 N–H and O–H groups in total. The van der Waals surface area contributed by atoms with Crippen molar-refractivity contribution in [2.75, 3.05) is 17.2 Å². The molecule has 35 heavy (non-hydrogen) atoms. The molecule has 2 amide bonds. The number of hydroxylamine groups is 1. The van der Waals surface area contributed by atoms with Crippen LogP contribution in [0.15, 0.2) is 42.5 Å². The highest BCUT2D eigenvalue weighted by Gasteiger charge is 2.32. The Bertz CT molecular complexity index is 1020. The van der Waals surface area contributed by atoms with Crippen molar-refractivity contribution >= 4 is 29.1 Å². The molecule has 0 aliphatic carbocycles. The predicted molar refractivity (Wildman–Crippen MR) is 120 cm³/mol. The van der Waals surface area contributed by atoms with E-state index in [-0.39, 0.29) is 24.0 Å². The number of alkyl halides is 3. The fraction of sp³-hybridized carbons (Fsp3) is 0.318. The first kappa shape index (κ1) is 27.4. The molecule has 0 saturated carbocycles. The first-order valence-corrected chi connectivity index (χ1v) is 10.6. The third-order valence-corrected chi connectivity index (χ3v) is 4.58. The van der Waals surface area contributed by atoms with Gasteiger partial charge in [0.05, 0.1) is 0 Å². The Labute approximate surface area is 198 Å². The van der Waals surface area contributed by atoms with Gasteiger partial charge in [0.1, 0.15) is 0 Å². The lowest BCUT2D eigenvalue weighted by Gasteiger charge is -2.13. The first-order chi connectivity index (χ1) is 16.6. The van der Waals surface area contributed by atoms with Crippen molar-refractivity contribution in [3.8, 4) is 5.75 Å². The molecule has 0 radical (unpaired) electrons. The van der Waals surface area contributed by atoms with Crippen molar-refractivity contribution in [2.45, 2.75) is 38.5 Å². The van der Waals surface area contributed by atoms with Gasteiger partial charge in [-0.05, 0) is 49.2 Å². The average molecular weight is 499 g/mol. The zero-order valence-corrected chi connectivity index (χ0v) is 18.5. The summed E-state index contributed by atoms with van der Waals surface area (Å²) in [7, 11) is 0. The summed E-state index contributed by atoms with van der Waals surface area (Å²) in [6.45, 7) is 0.461. The van der Waals surface area contributed by atoms with Crippen LogP contribution in [-0.2, 0) is 4.79 Å². The Morgan fingerprint density at radius 2 is 1.57 bits per heavy atom. The smallest absolute Gasteiger partial charge is 0.403 e. The number of carbonyl (C=O) groups is 2. The molecule has 0 aliphatic rings. The number of ether oxygens (including phenoxy) is 1. The molecule has 2 aromatic rings. The number of guanidine groups is 1. The third-order valence-electron chi connectivity index (χ3n) is 4.58. The van der Waals surface area contributed by atoms with Gasteiger partial charge in [0, 0.05) is 36.0 Å². The van der Waals surface area contributed by atoms with Gasteiger partial charge in [0.15, 0.2) is 17.5 Å². The normalized spacial score (nSPS) is 10.9. The fourth-order valence-corrected chi connectivity index (χ4v) is 2.93. The number of halogens is 4. The predicted octanol–water partition coefficient (Wildman–Crippen LogP) is 4.37. The van der Waals surface area contributed by atoms with E-state index in [1.807, 2.05) is 0 Å². The molecule has 13 heteroatoms. The average Bonchev–Trinajstić information content (AvgIpc) is 2.79. The third kappa shape index (κ3) is 10.3. The zero-order valence-electron chi connectivity index (χ0n) is 18.5. The van der Waals surface area contributed by atoms with Crippen LogP contribution in [0.2, 0.25) is 0 Å². The lowest BCUT2D eigenvalue weighted by molar-refractivity contribution is -0.275. The van der Waals surface area contributed by atoms with E-state index in [1.54, 1.807) is 29.7 Å². The van der Waals surface area contributed by atoms with Crippen LogP contribution in [-0.4, -0.2) is 35.9 Å². The number of rotatable bonds is 11. The summed E-state index contributed by atoms with van der Waals surface area (Å²) >= 11 is 0. The van der Waals surface area contributed by atoms with Crippen LogP contribution >= 0.6 is 0 Å². The molecule has 0 aliphatic heterocycles. The monoisotopic (exact) mass is 499 g/mol. The van der Waals surface area contributed by atoms with Crippen molar-refractivity contribution in [1.82, 2.24) is 10.8 Å². The highest BCUT2D eigenvalue weighted by molar-refractivity contribution is 6.02. The largest absolute Gasteiger partial charge is 0.573 e. The zero-order chi connectivity index (χ0) is 25.8. The molecule has 0 saturated heterocycles. The molecule has 0 atom stereocenters. The minimum absolute atomic E-state index is 0.0298. The summed E-state index contributed by atoms with van der Waals surface area (Å²) < 4.78 is 54.0. The van der Waals surface area contributed by atoms with E-state index in [1.165, 1.54) is 0 Å². The van der Waals surface area contributed by atoms with Crippen LogP contribution in [0, 0.1) is 11.2 Å². The van der Waals surface area contributed by atoms with Crippen LogP contribution in [0.4, 0.5) is 28.9 Å². The maximum Gasteiger partial charge on any atom is 0.573 e. The SMILES string of the molecule is N=C(Nc1ccc(C(=O)NCCCCCCC(=O)NO)cc1)Nc1ccc(OC(F)(F)F)c(F)c1. The lowest BCUT2D eigenvalue weighted by Crippen LogP contribution is -2.24. The summed E-state index contributed by atoms with van der Waals surface area (Å²) in [5.41, 5.74) is 2.45. The van der Waals surface area contributed by atoms with E-state index in [0.29, 0.717) is 24.2 Å². The van der Waals surface area contributed by atoms with Crippen LogP contribution in [0.5, 0.6) is 5.75 Å². The molecule has 9 nitrogen and oxygen atoms in total. The quantitative estimate of drug-likeness (QED) is 0.0679. The van der Waals surface area contributed by atoms with Gasteiger partial charge in [-0.25, -0.2) is 9.87 Å². The molecule has 0 fully saturated rings. The van der Waals surface area contributed by atoms with E-state index >= 15 is 0 Å². The van der Waals surface area contributed by atoms with Crippen LogP contribution in [0.25, 0.3) is 0 Å². The molecule has 2 aromatic carbocycles. The summed E-state index contributed by atoms with van der Waals surface area (Å²) in [5, 5.41) is 24.2. The number of anilines is 2. The highest BCUT2D eigenvalue weighted by atomic mass is 19.4. The topological polar surface area (TPSA) is 136 Å². The van der Waals surface area contributed by atoms with Gasteiger partial charge >= 0.3 is 6.36 Å². The Morgan fingerprint density at radius 3 is 2.20 bits per heavy atom. The van der Waals surface area contributed by atoms with Crippen LogP contribution in [0.3, 0.4) is 0 Å². The fourth-order valence-electron chi connectivity index (χ4n) is 2.93. The molecule has 2 rings (SSSR count). The molecule has 190 valence electrons. The number of hydrogen-bond donors (Lipinski definition) is 6. The standard InChI is InChI=1S/C22H25F4N5O4/c23-17-13-16(10-11-18(17)35-22(24,25)26)30-21(27)29-15-8-6-14(7-9-15)20(33)28-12-4-2-1-3-5-19(32)31-34/h6-11,13,34H,1-5,12H2,(H,28,33)(H,31,32)(H3,27,29,30). The Morgan fingerprint density at radius 1 is 0.943 bits per heavy atom. The Balaban J connectivity index is 1.75. The van der Waals surface area contributed by atoms with Crippen LogP contribution < -0.4 is 26.2 Å². The summed E-state index contributed by atoms with van der Waals surface area (Å²) in [5.74, 6) is -3.21. The van der Waals surface area contributed by atoms with Gasteiger partial charge in [-0.3, -0.25) is 20.2 Å². The van der Waals surface area contributed by atoms with Crippen molar-refractivity contribution in [2.24, 2.45) is 0 Å². The number of hydrogen-bond acceptors (Lipinski definition) is 5. The van der Waals surface area contributed by atoms with Gasteiger partial charge in [0.2, 0.25) is 5.91 Å². The molecule has 0 heterocycles. The number of amides is 2. The maximum atomic E-state index is 13.8. The van der Waals surface area contributed by atoms with E-state index < -0.39 is 23.8 Å².